The number of nitro benzene ring substituents is 1. The molecule has 0 amide bonds. The van der Waals surface area contributed by atoms with Crippen LogP contribution in [-0.4, -0.2) is 4.92 Å². The lowest BCUT2D eigenvalue weighted by Crippen LogP contribution is -2.15. The van der Waals surface area contributed by atoms with Crippen LogP contribution in [-0.2, 0) is 6.42 Å². The molecular weight excluding hydrogens is 266 g/mol. The number of rotatable bonds is 4. The van der Waals surface area contributed by atoms with Gasteiger partial charge in [0.1, 0.15) is 0 Å². The Bertz CT molecular complexity index is 630. The number of nitro groups is 1. The van der Waals surface area contributed by atoms with Crippen LogP contribution in [0.5, 0.6) is 0 Å². The minimum absolute atomic E-state index is 0.0285. The Hall–Kier alpha value is -2.34. The molecule has 2 N–H and O–H groups in total. The topological polar surface area (TPSA) is 69.2 Å². The predicted octanol–water partition coefficient (Wildman–Crippen LogP) is 3.12. The second-order valence-corrected chi connectivity index (χ2v) is 4.38. The maximum atomic E-state index is 13.6. The molecule has 0 aliphatic rings. The SMILES string of the molecule is NC(Cc1ccc([N+](=O)[O-])cc1)c1cccc(F)c1F. The van der Waals surface area contributed by atoms with Crippen LogP contribution < -0.4 is 5.73 Å². The zero-order valence-corrected chi connectivity index (χ0v) is 10.4. The Morgan fingerprint density at radius 2 is 1.80 bits per heavy atom. The van der Waals surface area contributed by atoms with Gasteiger partial charge in [-0.05, 0) is 18.1 Å². The van der Waals surface area contributed by atoms with Gasteiger partial charge in [0.2, 0.25) is 0 Å². The summed E-state index contributed by atoms with van der Waals surface area (Å²) < 4.78 is 26.7. The van der Waals surface area contributed by atoms with E-state index in [2.05, 4.69) is 0 Å². The zero-order chi connectivity index (χ0) is 14.7. The van der Waals surface area contributed by atoms with Crippen molar-refractivity contribution in [1.29, 1.82) is 0 Å². The fourth-order valence-corrected chi connectivity index (χ4v) is 1.92. The molecule has 2 aromatic carbocycles. The van der Waals surface area contributed by atoms with Gasteiger partial charge in [-0.25, -0.2) is 8.78 Å². The minimum Gasteiger partial charge on any atom is -0.324 e. The number of non-ortho nitro benzene ring substituents is 1. The molecule has 1 atom stereocenters. The quantitative estimate of drug-likeness (QED) is 0.690. The molecule has 0 aliphatic carbocycles. The molecule has 0 radical (unpaired) electrons. The first-order valence-corrected chi connectivity index (χ1v) is 5.92. The molecule has 1 unspecified atom stereocenters. The molecule has 0 saturated heterocycles. The fraction of sp³-hybridized carbons (Fsp3) is 0.143. The van der Waals surface area contributed by atoms with Gasteiger partial charge in [0.25, 0.3) is 5.69 Å². The summed E-state index contributed by atoms with van der Waals surface area (Å²) >= 11 is 0. The number of hydrogen-bond donors (Lipinski definition) is 1. The van der Waals surface area contributed by atoms with E-state index in [0.717, 1.165) is 6.07 Å². The van der Waals surface area contributed by atoms with Crippen molar-refractivity contribution in [1.82, 2.24) is 0 Å². The summed E-state index contributed by atoms with van der Waals surface area (Å²) in [5, 5.41) is 10.5. The number of hydrogen-bond acceptors (Lipinski definition) is 3. The van der Waals surface area contributed by atoms with Gasteiger partial charge in [-0.15, -0.1) is 0 Å². The highest BCUT2D eigenvalue weighted by Crippen LogP contribution is 2.22. The molecule has 0 bridgehead atoms. The molecule has 2 aromatic rings. The standard InChI is InChI=1S/C14H12F2N2O2/c15-12-3-1-2-11(14(12)16)13(17)8-9-4-6-10(7-5-9)18(19)20/h1-7,13H,8,17H2. The first-order valence-electron chi connectivity index (χ1n) is 5.92. The van der Waals surface area contributed by atoms with Crippen molar-refractivity contribution in [3.8, 4) is 0 Å². The molecule has 0 saturated carbocycles. The van der Waals surface area contributed by atoms with E-state index < -0.39 is 22.6 Å². The van der Waals surface area contributed by atoms with Gasteiger partial charge in [-0.3, -0.25) is 10.1 Å². The van der Waals surface area contributed by atoms with Crippen LogP contribution in [0, 0.1) is 21.7 Å². The number of nitrogens with two attached hydrogens (primary N) is 1. The first-order chi connectivity index (χ1) is 9.49. The van der Waals surface area contributed by atoms with Gasteiger partial charge in [0.15, 0.2) is 11.6 Å². The molecular formula is C14H12F2N2O2. The van der Waals surface area contributed by atoms with Crippen molar-refractivity contribution in [2.24, 2.45) is 5.73 Å². The Morgan fingerprint density at radius 3 is 2.40 bits per heavy atom. The van der Waals surface area contributed by atoms with E-state index in [4.69, 9.17) is 5.73 Å². The van der Waals surface area contributed by atoms with Crippen molar-refractivity contribution in [2.45, 2.75) is 12.5 Å². The second kappa shape index (κ2) is 5.75. The van der Waals surface area contributed by atoms with Crippen molar-refractivity contribution in [2.75, 3.05) is 0 Å². The maximum absolute atomic E-state index is 13.6. The van der Waals surface area contributed by atoms with E-state index in [9.17, 15) is 18.9 Å². The Morgan fingerprint density at radius 1 is 1.15 bits per heavy atom. The smallest absolute Gasteiger partial charge is 0.269 e. The molecule has 0 spiro atoms. The van der Waals surface area contributed by atoms with Gasteiger partial charge in [-0.2, -0.15) is 0 Å². The fourth-order valence-electron chi connectivity index (χ4n) is 1.92. The van der Waals surface area contributed by atoms with Gasteiger partial charge >= 0.3 is 0 Å². The molecule has 6 heteroatoms. The molecule has 2 rings (SSSR count). The van der Waals surface area contributed by atoms with E-state index in [1.54, 1.807) is 12.1 Å². The molecule has 0 aliphatic heterocycles. The maximum Gasteiger partial charge on any atom is 0.269 e. The zero-order valence-electron chi connectivity index (χ0n) is 10.4. The largest absolute Gasteiger partial charge is 0.324 e. The normalized spacial score (nSPS) is 12.2. The molecule has 0 aromatic heterocycles. The summed E-state index contributed by atoms with van der Waals surface area (Å²) in [5.41, 5.74) is 6.63. The first kappa shape index (κ1) is 14.1. The van der Waals surface area contributed by atoms with Gasteiger partial charge in [0.05, 0.1) is 4.92 Å². The summed E-state index contributed by atoms with van der Waals surface area (Å²) in [5.74, 6) is -1.90. The molecule has 20 heavy (non-hydrogen) atoms. The highest BCUT2D eigenvalue weighted by atomic mass is 19.2. The Labute approximate surface area is 114 Å². The number of halogens is 2. The van der Waals surface area contributed by atoms with Crippen molar-refractivity contribution >= 4 is 5.69 Å². The highest BCUT2D eigenvalue weighted by molar-refractivity contribution is 5.34. The predicted molar refractivity (Wildman–Crippen MR) is 70.1 cm³/mol. The highest BCUT2D eigenvalue weighted by Gasteiger charge is 2.15. The van der Waals surface area contributed by atoms with E-state index in [1.807, 2.05) is 0 Å². The van der Waals surface area contributed by atoms with Crippen LogP contribution in [0.2, 0.25) is 0 Å². The lowest BCUT2D eigenvalue weighted by Gasteiger charge is -2.13. The van der Waals surface area contributed by atoms with Crippen molar-refractivity contribution in [3.05, 3.63) is 75.3 Å². The second-order valence-electron chi connectivity index (χ2n) is 4.38. The van der Waals surface area contributed by atoms with Crippen LogP contribution in [0.1, 0.15) is 17.2 Å². The van der Waals surface area contributed by atoms with E-state index in [-0.39, 0.29) is 17.7 Å². The Kier molecular flexibility index (Phi) is 4.05. The summed E-state index contributed by atoms with van der Waals surface area (Å²) in [6.45, 7) is 0. The third kappa shape index (κ3) is 2.97. The number of benzene rings is 2. The molecule has 104 valence electrons. The van der Waals surface area contributed by atoms with E-state index >= 15 is 0 Å². The van der Waals surface area contributed by atoms with E-state index in [0.29, 0.717) is 5.56 Å². The van der Waals surface area contributed by atoms with Crippen molar-refractivity contribution in [3.63, 3.8) is 0 Å². The van der Waals surface area contributed by atoms with Crippen molar-refractivity contribution < 1.29 is 13.7 Å². The number of nitrogens with zero attached hydrogens (tertiary/aromatic N) is 1. The van der Waals surface area contributed by atoms with Crippen LogP contribution >= 0.6 is 0 Å². The van der Waals surface area contributed by atoms with Crippen LogP contribution in [0.4, 0.5) is 14.5 Å². The average Bonchev–Trinajstić information content (AvgIpc) is 2.42. The monoisotopic (exact) mass is 278 g/mol. The average molecular weight is 278 g/mol. The minimum atomic E-state index is -0.957. The Balaban J connectivity index is 2.17. The summed E-state index contributed by atoms with van der Waals surface area (Å²) in [6.07, 6.45) is 0.262. The molecule has 0 fully saturated rings. The van der Waals surface area contributed by atoms with Crippen LogP contribution in [0.3, 0.4) is 0 Å². The summed E-state index contributed by atoms with van der Waals surface area (Å²) in [4.78, 5) is 10.0. The third-order valence-corrected chi connectivity index (χ3v) is 2.98. The van der Waals surface area contributed by atoms with Crippen LogP contribution in [0.25, 0.3) is 0 Å². The van der Waals surface area contributed by atoms with Gasteiger partial charge in [-0.1, -0.05) is 24.3 Å². The molecule has 0 heterocycles. The third-order valence-electron chi connectivity index (χ3n) is 2.98. The lowest BCUT2D eigenvalue weighted by molar-refractivity contribution is -0.384. The summed E-state index contributed by atoms with van der Waals surface area (Å²) in [7, 11) is 0. The van der Waals surface area contributed by atoms with E-state index in [1.165, 1.54) is 24.3 Å². The van der Waals surface area contributed by atoms with Crippen LogP contribution in [0.15, 0.2) is 42.5 Å². The molecule has 4 nitrogen and oxygen atoms in total. The van der Waals surface area contributed by atoms with Gasteiger partial charge in [0, 0.05) is 23.7 Å². The summed E-state index contributed by atoms with van der Waals surface area (Å²) in [6, 6.07) is 8.93. The van der Waals surface area contributed by atoms with Gasteiger partial charge < -0.3 is 5.73 Å². The lowest BCUT2D eigenvalue weighted by atomic mass is 9.99.